The number of hydrogen-bond donors (Lipinski definition) is 1. The van der Waals surface area contributed by atoms with Gasteiger partial charge in [-0.3, -0.25) is 4.84 Å². The smallest absolute Gasteiger partial charge is 0.306 e. The number of nitrogens with zero attached hydrogens (tertiary/aromatic N) is 1. The topological polar surface area (TPSA) is 41.6 Å². The van der Waals surface area contributed by atoms with Gasteiger partial charge in [0, 0.05) is 5.69 Å². The monoisotopic (exact) mass is 220 g/mol. The Bertz CT molecular complexity index is 356. The highest BCUT2D eigenvalue weighted by molar-refractivity contribution is 5.88. The van der Waals surface area contributed by atoms with Crippen LogP contribution in [0.3, 0.4) is 0 Å². The summed E-state index contributed by atoms with van der Waals surface area (Å²) in [6, 6.07) is 7.51. The van der Waals surface area contributed by atoms with E-state index in [0.717, 1.165) is 18.5 Å². The maximum absolute atomic E-state index is 11.7. The van der Waals surface area contributed by atoms with Crippen LogP contribution in [0, 0.1) is 6.92 Å². The summed E-state index contributed by atoms with van der Waals surface area (Å²) in [7, 11) is 0. The fraction of sp³-hybridized carbons (Fsp3) is 0.417. The van der Waals surface area contributed by atoms with E-state index >= 15 is 0 Å². The third-order valence-electron chi connectivity index (χ3n) is 2.53. The number of benzene rings is 1. The third kappa shape index (κ3) is 2.73. The van der Waals surface area contributed by atoms with E-state index in [9.17, 15) is 4.79 Å². The molecule has 1 heterocycles. The highest BCUT2D eigenvalue weighted by Gasteiger charge is 2.17. The van der Waals surface area contributed by atoms with Crippen molar-refractivity contribution >= 4 is 11.7 Å². The van der Waals surface area contributed by atoms with Gasteiger partial charge in [0.15, 0.2) is 0 Å². The van der Waals surface area contributed by atoms with Crippen LogP contribution >= 0.6 is 0 Å². The third-order valence-corrected chi connectivity index (χ3v) is 2.53. The molecule has 0 spiro atoms. The van der Waals surface area contributed by atoms with Gasteiger partial charge < -0.3 is 5.32 Å². The van der Waals surface area contributed by atoms with Crippen LogP contribution in [0.15, 0.2) is 24.3 Å². The van der Waals surface area contributed by atoms with Gasteiger partial charge in [0.2, 0.25) is 0 Å². The minimum Gasteiger partial charge on any atom is -0.306 e. The Hall–Kier alpha value is -1.55. The SMILES string of the molecule is Cc1ccc(NC(=O)N2CCCCO2)cc1. The Morgan fingerprint density at radius 1 is 1.31 bits per heavy atom. The second-order valence-electron chi connectivity index (χ2n) is 3.94. The van der Waals surface area contributed by atoms with Gasteiger partial charge in [-0.1, -0.05) is 17.7 Å². The van der Waals surface area contributed by atoms with Gasteiger partial charge in [0.25, 0.3) is 0 Å². The van der Waals surface area contributed by atoms with E-state index in [1.54, 1.807) is 0 Å². The molecule has 0 aliphatic carbocycles. The summed E-state index contributed by atoms with van der Waals surface area (Å²) in [4.78, 5) is 17.0. The summed E-state index contributed by atoms with van der Waals surface area (Å²) in [6.45, 7) is 3.30. The molecule has 1 saturated heterocycles. The van der Waals surface area contributed by atoms with Crippen LogP contribution in [0.1, 0.15) is 18.4 Å². The molecule has 16 heavy (non-hydrogen) atoms. The molecule has 1 fully saturated rings. The van der Waals surface area contributed by atoms with Crippen molar-refractivity contribution < 1.29 is 9.63 Å². The molecule has 2 amide bonds. The van der Waals surface area contributed by atoms with Crippen LogP contribution in [0.25, 0.3) is 0 Å². The average molecular weight is 220 g/mol. The highest BCUT2D eigenvalue weighted by atomic mass is 16.7. The van der Waals surface area contributed by atoms with E-state index < -0.39 is 0 Å². The summed E-state index contributed by atoms with van der Waals surface area (Å²) in [5.74, 6) is 0. The standard InChI is InChI=1S/C12H16N2O2/c1-10-4-6-11(7-5-10)13-12(15)14-8-2-3-9-16-14/h4-7H,2-3,8-9H2,1H3,(H,13,15). The molecule has 1 aliphatic heterocycles. The molecule has 86 valence electrons. The molecule has 1 N–H and O–H groups in total. The number of aryl methyl sites for hydroxylation is 1. The molecule has 0 bridgehead atoms. The predicted octanol–water partition coefficient (Wildman–Crippen LogP) is 2.55. The number of rotatable bonds is 1. The fourth-order valence-electron chi connectivity index (χ4n) is 1.58. The number of anilines is 1. The quantitative estimate of drug-likeness (QED) is 0.790. The van der Waals surface area contributed by atoms with Gasteiger partial charge >= 0.3 is 6.03 Å². The number of hydroxylamine groups is 2. The average Bonchev–Trinajstić information content (AvgIpc) is 2.33. The Morgan fingerprint density at radius 2 is 2.06 bits per heavy atom. The van der Waals surface area contributed by atoms with Gasteiger partial charge in [-0.2, -0.15) is 0 Å². The first-order valence-electron chi connectivity index (χ1n) is 5.54. The van der Waals surface area contributed by atoms with Gasteiger partial charge in [-0.05, 0) is 31.9 Å². The van der Waals surface area contributed by atoms with E-state index in [1.807, 2.05) is 31.2 Å². The minimum atomic E-state index is -0.191. The van der Waals surface area contributed by atoms with Crippen LogP contribution < -0.4 is 5.32 Å². The van der Waals surface area contributed by atoms with Crippen molar-refractivity contribution in [2.75, 3.05) is 18.5 Å². The van der Waals surface area contributed by atoms with Gasteiger partial charge in [-0.15, -0.1) is 0 Å². The number of urea groups is 1. The molecule has 0 saturated carbocycles. The van der Waals surface area contributed by atoms with Crippen LogP contribution in [0.4, 0.5) is 10.5 Å². The molecule has 0 radical (unpaired) electrons. The predicted molar refractivity (Wildman–Crippen MR) is 62.1 cm³/mol. The number of amides is 2. The molecular weight excluding hydrogens is 204 g/mol. The molecule has 0 unspecified atom stereocenters. The van der Waals surface area contributed by atoms with Gasteiger partial charge in [0.1, 0.15) is 0 Å². The summed E-state index contributed by atoms with van der Waals surface area (Å²) in [5.41, 5.74) is 1.97. The molecule has 4 heteroatoms. The lowest BCUT2D eigenvalue weighted by Crippen LogP contribution is -2.38. The van der Waals surface area contributed by atoms with Crippen LogP contribution in [-0.4, -0.2) is 24.2 Å². The Morgan fingerprint density at radius 3 is 2.69 bits per heavy atom. The van der Waals surface area contributed by atoms with Gasteiger partial charge in [-0.25, -0.2) is 9.86 Å². The Labute approximate surface area is 95.2 Å². The first-order chi connectivity index (χ1) is 7.75. The molecule has 0 aromatic heterocycles. The van der Waals surface area contributed by atoms with Crippen molar-refractivity contribution in [3.63, 3.8) is 0 Å². The van der Waals surface area contributed by atoms with E-state index in [0.29, 0.717) is 13.2 Å². The van der Waals surface area contributed by atoms with Crippen molar-refractivity contribution in [2.45, 2.75) is 19.8 Å². The van der Waals surface area contributed by atoms with Crippen molar-refractivity contribution in [2.24, 2.45) is 0 Å². The molecule has 4 nitrogen and oxygen atoms in total. The highest BCUT2D eigenvalue weighted by Crippen LogP contribution is 2.12. The van der Waals surface area contributed by atoms with E-state index in [1.165, 1.54) is 10.6 Å². The van der Waals surface area contributed by atoms with Crippen molar-refractivity contribution in [3.05, 3.63) is 29.8 Å². The maximum atomic E-state index is 11.7. The number of carbonyl (C=O) groups excluding carboxylic acids is 1. The Kier molecular flexibility index (Phi) is 3.41. The van der Waals surface area contributed by atoms with Crippen LogP contribution in [0.2, 0.25) is 0 Å². The largest absolute Gasteiger partial charge is 0.345 e. The van der Waals surface area contributed by atoms with Crippen molar-refractivity contribution in [3.8, 4) is 0 Å². The molecular formula is C12H16N2O2. The molecule has 1 aliphatic rings. The summed E-state index contributed by atoms with van der Waals surface area (Å²) >= 11 is 0. The molecule has 0 atom stereocenters. The fourth-order valence-corrected chi connectivity index (χ4v) is 1.58. The van der Waals surface area contributed by atoms with Crippen LogP contribution in [0.5, 0.6) is 0 Å². The second-order valence-corrected chi connectivity index (χ2v) is 3.94. The van der Waals surface area contributed by atoms with Crippen LogP contribution in [-0.2, 0) is 4.84 Å². The van der Waals surface area contributed by atoms with Crippen molar-refractivity contribution in [1.29, 1.82) is 0 Å². The second kappa shape index (κ2) is 4.99. The number of nitrogens with one attached hydrogen (secondary N) is 1. The summed E-state index contributed by atoms with van der Waals surface area (Å²) in [5, 5.41) is 4.19. The first kappa shape index (κ1) is 11.0. The lowest BCUT2D eigenvalue weighted by molar-refractivity contribution is -0.135. The van der Waals surface area contributed by atoms with Gasteiger partial charge in [0.05, 0.1) is 13.2 Å². The zero-order valence-electron chi connectivity index (χ0n) is 9.40. The zero-order valence-corrected chi connectivity index (χ0v) is 9.40. The molecule has 1 aromatic carbocycles. The normalized spacial score (nSPS) is 15.9. The zero-order chi connectivity index (χ0) is 11.4. The maximum Gasteiger partial charge on any atom is 0.345 e. The lowest BCUT2D eigenvalue weighted by Gasteiger charge is -2.25. The molecule has 1 aromatic rings. The van der Waals surface area contributed by atoms with Crippen molar-refractivity contribution in [1.82, 2.24) is 5.06 Å². The minimum absolute atomic E-state index is 0.191. The first-order valence-corrected chi connectivity index (χ1v) is 5.54. The molecule has 2 rings (SSSR count). The number of hydrogen-bond acceptors (Lipinski definition) is 2. The van der Waals surface area contributed by atoms with E-state index in [4.69, 9.17) is 4.84 Å². The summed E-state index contributed by atoms with van der Waals surface area (Å²) in [6.07, 6.45) is 2.02. The number of carbonyl (C=O) groups is 1. The summed E-state index contributed by atoms with van der Waals surface area (Å²) < 4.78 is 0. The lowest BCUT2D eigenvalue weighted by atomic mass is 10.2. The van der Waals surface area contributed by atoms with E-state index in [2.05, 4.69) is 5.32 Å². The Balaban J connectivity index is 1.93. The van der Waals surface area contributed by atoms with E-state index in [-0.39, 0.29) is 6.03 Å².